The van der Waals surface area contributed by atoms with Gasteiger partial charge in [-0.25, -0.2) is 0 Å². The smallest absolute Gasteiger partial charge is 0.166 e. The normalized spacial score (nSPS) is 11.6. The van der Waals surface area contributed by atoms with Gasteiger partial charge in [0.25, 0.3) is 0 Å². The molecular formula is C13H8ClF3S. The van der Waals surface area contributed by atoms with Gasteiger partial charge >= 0.3 is 6.18 Å². The molecule has 0 saturated carbocycles. The molecule has 0 aliphatic carbocycles. The Bertz CT molecular complexity index is 552. The molecule has 0 heterocycles. The highest BCUT2D eigenvalue weighted by molar-refractivity contribution is 7.99. The summed E-state index contributed by atoms with van der Waals surface area (Å²) in [4.78, 5) is 1.25. The summed E-state index contributed by atoms with van der Waals surface area (Å²) in [5.74, 6) is 0. The molecule has 5 heteroatoms. The third-order valence-corrected chi connectivity index (χ3v) is 3.73. The molecule has 2 aromatic rings. The molecule has 0 N–H and O–H groups in total. The second kappa shape index (κ2) is 5.24. The summed E-state index contributed by atoms with van der Waals surface area (Å²) in [6.07, 6.45) is -4.32. The minimum Gasteiger partial charge on any atom is -0.166 e. The van der Waals surface area contributed by atoms with E-state index in [0.717, 1.165) is 17.0 Å². The van der Waals surface area contributed by atoms with Crippen molar-refractivity contribution in [3.63, 3.8) is 0 Å². The van der Waals surface area contributed by atoms with E-state index in [1.54, 1.807) is 30.3 Å². The van der Waals surface area contributed by atoms with E-state index in [1.165, 1.54) is 17.8 Å². The third-order valence-electron chi connectivity index (χ3n) is 2.23. The minimum atomic E-state index is -4.32. The molecule has 0 unspecified atom stereocenters. The molecule has 0 amide bonds. The largest absolute Gasteiger partial charge is 0.416 e. The summed E-state index contributed by atoms with van der Waals surface area (Å²) in [6.45, 7) is 0. The average molecular weight is 289 g/mol. The highest BCUT2D eigenvalue weighted by atomic mass is 35.5. The molecule has 0 saturated heterocycles. The van der Waals surface area contributed by atoms with Crippen LogP contribution in [0.15, 0.2) is 58.3 Å². The Morgan fingerprint density at radius 2 is 1.67 bits per heavy atom. The predicted molar refractivity (Wildman–Crippen MR) is 67.0 cm³/mol. The van der Waals surface area contributed by atoms with Gasteiger partial charge in [-0.2, -0.15) is 13.2 Å². The highest BCUT2D eigenvalue weighted by Crippen LogP contribution is 2.36. The minimum absolute atomic E-state index is 0.512. The molecular weight excluding hydrogens is 281 g/mol. The zero-order valence-corrected chi connectivity index (χ0v) is 10.6. The van der Waals surface area contributed by atoms with E-state index in [0.29, 0.717) is 9.92 Å². The molecule has 0 fully saturated rings. The topological polar surface area (TPSA) is 0 Å². The summed E-state index contributed by atoms with van der Waals surface area (Å²) >= 11 is 7.17. The molecule has 94 valence electrons. The quantitative estimate of drug-likeness (QED) is 0.702. The Labute approximate surface area is 112 Å². The van der Waals surface area contributed by atoms with Crippen molar-refractivity contribution in [2.24, 2.45) is 0 Å². The van der Waals surface area contributed by atoms with E-state index >= 15 is 0 Å². The van der Waals surface area contributed by atoms with Crippen LogP contribution in [-0.2, 0) is 6.18 Å². The van der Waals surface area contributed by atoms with E-state index in [1.807, 2.05) is 0 Å². The van der Waals surface area contributed by atoms with E-state index in [2.05, 4.69) is 0 Å². The zero-order chi connectivity index (χ0) is 13.2. The van der Waals surface area contributed by atoms with E-state index in [9.17, 15) is 13.2 Å². The van der Waals surface area contributed by atoms with Crippen LogP contribution in [0.1, 0.15) is 5.56 Å². The lowest BCUT2D eigenvalue weighted by Gasteiger charge is -2.09. The molecule has 18 heavy (non-hydrogen) atoms. The third kappa shape index (κ3) is 3.21. The maximum Gasteiger partial charge on any atom is 0.416 e. The van der Waals surface area contributed by atoms with E-state index in [-0.39, 0.29) is 0 Å². The maximum absolute atomic E-state index is 12.6. The van der Waals surface area contributed by atoms with Gasteiger partial charge in [-0.15, -0.1) is 0 Å². The van der Waals surface area contributed by atoms with Crippen LogP contribution in [0, 0.1) is 0 Å². The summed E-state index contributed by atoms with van der Waals surface area (Å²) in [5.41, 5.74) is -0.653. The fourth-order valence-electron chi connectivity index (χ4n) is 1.39. The molecule has 0 spiro atoms. The first-order valence-corrected chi connectivity index (χ1v) is 6.26. The lowest BCUT2D eigenvalue weighted by Crippen LogP contribution is -2.04. The summed E-state index contributed by atoms with van der Waals surface area (Å²) in [6, 6.07) is 12.2. The maximum atomic E-state index is 12.6. The van der Waals surface area contributed by atoms with E-state index in [4.69, 9.17) is 11.6 Å². The van der Waals surface area contributed by atoms with Crippen molar-refractivity contribution >= 4 is 23.4 Å². The summed E-state index contributed by atoms with van der Waals surface area (Å²) in [7, 11) is 0. The Morgan fingerprint density at radius 1 is 0.944 bits per heavy atom. The Kier molecular flexibility index (Phi) is 3.88. The van der Waals surface area contributed by atoms with Crippen LogP contribution in [0.4, 0.5) is 13.2 Å². The highest BCUT2D eigenvalue weighted by Gasteiger charge is 2.30. The van der Waals surface area contributed by atoms with Crippen molar-refractivity contribution in [2.45, 2.75) is 16.0 Å². The molecule has 2 aromatic carbocycles. The molecule has 0 aromatic heterocycles. The van der Waals surface area contributed by atoms with Crippen LogP contribution in [-0.4, -0.2) is 0 Å². The molecule has 0 aliphatic heterocycles. The second-order valence-corrected chi connectivity index (χ2v) is 5.08. The molecule has 0 atom stereocenters. The standard InChI is InChI=1S/C13H8ClF3S/c14-11-6-1-2-7-12(11)18-10-5-3-4-9(8-10)13(15,16)17/h1-8H. The lowest BCUT2D eigenvalue weighted by molar-refractivity contribution is -0.137. The second-order valence-electron chi connectivity index (χ2n) is 3.56. The van der Waals surface area contributed by atoms with Crippen LogP contribution < -0.4 is 0 Å². The molecule has 0 radical (unpaired) electrons. The molecule has 2 rings (SSSR count). The number of hydrogen-bond acceptors (Lipinski definition) is 1. The fraction of sp³-hybridized carbons (Fsp3) is 0.0769. The van der Waals surface area contributed by atoms with Gasteiger partial charge in [-0.1, -0.05) is 41.6 Å². The SMILES string of the molecule is FC(F)(F)c1cccc(Sc2ccccc2Cl)c1. The van der Waals surface area contributed by atoms with Crippen LogP contribution in [0.3, 0.4) is 0 Å². The van der Waals surface area contributed by atoms with Gasteiger partial charge in [0, 0.05) is 9.79 Å². The van der Waals surface area contributed by atoms with Gasteiger partial charge in [-0.05, 0) is 30.3 Å². The first-order valence-electron chi connectivity index (χ1n) is 5.06. The van der Waals surface area contributed by atoms with Gasteiger partial charge in [-0.3, -0.25) is 0 Å². The van der Waals surface area contributed by atoms with E-state index < -0.39 is 11.7 Å². The van der Waals surface area contributed by atoms with Gasteiger partial charge in [0.15, 0.2) is 0 Å². The van der Waals surface area contributed by atoms with Crippen molar-refractivity contribution in [1.82, 2.24) is 0 Å². The van der Waals surface area contributed by atoms with Crippen molar-refractivity contribution in [2.75, 3.05) is 0 Å². The van der Waals surface area contributed by atoms with Gasteiger partial charge in [0.05, 0.1) is 10.6 Å². The monoisotopic (exact) mass is 288 g/mol. The number of hydrogen-bond donors (Lipinski definition) is 0. The van der Waals surface area contributed by atoms with Crippen LogP contribution in [0.2, 0.25) is 5.02 Å². The fourth-order valence-corrected chi connectivity index (χ4v) is 2.54. The zero-order valence-electron chi connectivity index (χ0n) is 9.04. The average Bonchev–Trinajstić information content (AvgIpc) is 2.31. The molecule has 0 nitrogen and oxygen atoms in total. The lowest BCUT2D eigenvalue weighted by atomic mass is 10.2. The Hall–Kier alpha value is -1.13. The van der Waals surface area contributed by atoms with Crippen molar-refractivity contribution in [3.05, 3.63) is 59.1 Å². The van der Waals surface area contributed by atoms with Crippen LogP contribution >= 0.6 is 23.4 Å². The van der Waals surface area contributed by atoms with Crippen LogP contribution in [0.5, 0.6) is 0 Å². The van der Waals surface area contributed by atoms with Gasteiger partial charge in [0.2, 0.25) is 0 Å². The number of rotatable bonds is 2. The van der Waals surface area contributed by atoms with Crippen molar-refractivity contribution < 1.29 is 13.2 Å². The number of alkyl halides is 3. The van der Waals surface area contributed by atoms with Crippen LogP contribution in [0.25, 0.3) is 0 Å². The molecule has 0 aliphatic rings. The first-order chi connectivity index (χ1) is 8.47. The predicted octanol–water partition coefficient (Wildman–Crippen LogP) is 5.51. The molecule has 0 bridgehead atoms. The first kappa shape index (κ1) is 13.3. The Balaban J connectivity index is 2.28. The van der Waals surface area contributed by atoms with Gasteiger partial charge < -0.3 is 0 Å². The number of halogens is 4. The summed E-state index contributed by atoms with van der Waals surface area (Å²) in [5, 5.41) is 0.528. The van der Waals surface area contributed by atoms with Crippen molar-refractivity contribution in [3.8, 4) is 0 Å². The van der Waals surface area contributed by atoms with Crippen molar-refractivity contribution in [1.29, 1.82) is 0 Å². The Morgan fingerprint density at radius 3 is 2.33 bits per heavy atom. The number of benzene rings is 2. The summed E-state index contributed by atoms with van der Waals surface area (Å²) < 4.78 is 37.7. The van der Waals surface area contributed by atoms with Gasteiger partial charge in [0.1, 0.15) is 0 Å².